The molecule has 2 aliphatic rings. The van der Waals surface area contributed by atoms with Crippen molar-refractivity contribution in [1.82, 2.24) is 0 Å². The third-order valence-electron chi connectivity index (χ3n) is 3.83. The first kappa shape index (κ1) is 12.8. The van der Waals surface area contributed by atoms with Crippen molar-refractivity contribution >= 4 is 27.8 Å². The van der Waals surface area contributed by atoms with Crippen LogP contribution in [0.1, 0.15) is 37.7 Å². The van der Waals surface area contributed by atoms with Gasteiger partial charge in [0.05, 0.1) is 4.47 Å². The zero-order valence-corrected chi connectivity index (χ0v) is 12.1. The van der Waals surface area contributed by atoms with Crippen molar-refractivity contribution in [3.05, 3.63) is 50.8 Å². The summed E-state index contributed by atoms with van der Waals surface area (Å²) in [7, 11) is 0. The normalized spacial score (nSPS) is 21.2. The maximum Gasteiger partial charge on any atom is 0.163 e. The monoisotopic (exact) mass is 320 g/mol. The summed E-state index contributed by atoms with van der Waals surface area (Å²) in [5, 5.41) is 0. The molecule has 1 aromatic rings. The summed E-state index contributed by atoms with van der Waals surface area (Å²) < 4.78 is 13.7. The Balaban J connectivity index is 1.98. The van der Waals surface area contributed by atoms with Gasteiger partial charge in [-0.25, -0.2) is 4.39 Å². The molecule has 3 rings (SSSR count). The van der Waals surface area contributed by atoms with Crippen LogP contribution in [0.5, 0.6) is 0 Å². The lowest BCUT2D eigenvalue weighted by Gasteiger charge is -2.13. The van der Waals surface area contributed by atoms with Crippen molar-refractivity contribution in [2.45, 2.75) is 32.1 Å². The van der Waals surface area contributed by atoms with Crippen LogP contribution in [0.3, 0.4) is 0 Å². The van der Waals surface area contributed by atoms with Crippen LogP contribution in [0.2, 0.25) is 0 Å². The van der Waals surface area contributed by atoms with E-state index in [1.165, 1.54) is 11.6 Å². The Morgan fingerprint density at radius 2 is 1.89 bits per heavy atom. The standard InChI is InChI=1S/C16H14BrFO/c17-14-8-10(5-6-15(14)18)7-11-9-16(19)13-4-2-1-3-12(11)13/h5-8H,1-4,9H2/b11-7+. The summed E-state index contributed by atoms with van der Waals surface area (Å²) in [6.07, 6.45) is 6.76. The number of rotatable bonds is 1. The van der Waals surface area contributed by atoms with Crippen molar-refractivity contribution in [3.8, 4) is 0 Å². The predicted octanol–water partition coefficient (Wildman–Crippen LogP) is 4.82. The molecule has 0 atom stereocenters. The topological polar surface area (TPSA) is 17.1 Å². The Hall–Kier alpha value is -1.22. The highest BCUT2D eigenvalue weighted by Gasteiger charge is 2.28. The molecule has 3 heteroatoms. The van der Waals surface area contributed by atoms with E-state index in [4.69, 9.17) is 0 Å². The fraction of sp³-hybridized carbons (Fsp3) is 0.312. The molecule has 0 radical (unpaired) electrons. The van der Waals surface area contributed by atoms with Gasteiger partial charge in [-0.15, -0.1) is 0 Å². The third kappa shape index (κ3) is 2.44. The van der Waals surface area contributed by atoms with Crippen molar-refractivity contribution in [2.75, 3.05) is 0 Å². The van der Waals surface area contributed by atoms with Gasteiger partial charge in [0.15, 0.2) is 5.78 Å². The number of Topliss-reactive ketones (excluding diaryl/α,β-unsaturated/α-hetero) is 1. The molecule has 19 heavy (non-hydrogen) atoms. The van der Waals surface area contributed by atoms with Gasteiger partial charge < -0.3 is 0 Å². The second-order valence-corrected chi connectivity index (χ2v) is 5.96. The maximum atomic E-state index is 13.2. The second-order valence-electron chi connectivity index (χ2n) is 5.11. The van der Waals surface area contributed by atoms with E-state index in [0.717, 1.165) is 42.4 Å². The highest BCUT2D eigenvalue weighted by Crippen LogP contribution is 2.39. The third-order valence-corrected chi connectivity index (χ3v) is 4.44. The average molecular weight is 321 g/mol. The van der Waals surface area contributed by atoms with Crippen molar-refractivity contribution in [1.29, 1.82) is 0 Å². The summed E-state index contributed by atoms with van der Waals surface area (Å²) in [5.41, 5.74) is 4.35. The molecule has 1 aromatic carbocycles. The van der Waals surface area contributed by atoms with Gasteiger partial charge in [0.2, 0.25) is 0 Å². The van der Waals surface area contributed by atoms with Crippen LogP contribution in [-0.2, 0) is 4.79 Å². The number of halogens is 2. The molecule has 0 aromatic heterocycles. The van der Waals surface area contributed by atoms with Crippen LogP contribution < -0.4 is 0 Å². The van der Waals surface area contributed by atoms with Gasteiger partial charge in [-0.05, 0) is 76.0 Å². The van der Waals surface area contributed by atoms with Gasteiger partial charge in [-0.3, -0.25) is 4.79 Å². The zero-order chi connectivity index (χ0) is 13.4. The second kappa shape index (κ2) is 5.04. The lowest BCUT2D eigenvalue weighted by molar-refractivity contribution is -0.114. The van der Waals surface area contributed by atoms with Gasteiger partial charge in [-0.1, -0.05) is 12.1 Å². The van der Waals surface area contributed by atoms with E-state index in [2.05, 4.69) is 15.9 Å². The van der Waals surface area contributed by atoms with Crippen molar-refractivity contribution in [3.63, 3.8) is 0 Å². The Bertz CT molecular complexity index is 613. The van der Waals surface area contributed by atoms with Gasteiger partial charge >= 0.3 is 0 Å². The first-order chi connectivity index (χ1) is 9.15. The fourth-order valence-corrected chi connectivity index (χ4v) is 3.29. The van der Waals surface area contributed by atoms with Crippen LogP contribution in [0.25, 0.3) is 6.08 Å². The van der Waals surface area contributed by atoms with E-state index in [-0.39, 0.29) is 11.6 Å². The molecule has 0 spiro atoms. The number of allylic oxidation sites excluding steroid dienone is 3. The summed E-state index contributed by atoms with van der Waals surface area (Å²) in [6.45, 7) is 0. The van der Waals surface area contributed by atoms with Crippen LogP contribution >= 0.6 is 15.9 Å². The molecule has 0 fully saturated rings. The summed E-state index contributed by atoms with van der Waals surface area (Å²) in [6, 6.07) is 4.95. The van der Waals surface area contributed by atoms with E-state index in [0.29, 0.717) is 10.9 Å². The quantitative estimate of drug-likeness (QED) is 0.725. The molecule has 0 unspecified atom stereocenters. The predicted molar refractivity (Wildman–Crippen MR) is 77.2 cm³/mol. The lowest BCUT2D eigenvalue weighted by Crippen LogP contribution is -2.00. The largest absolute Gasteiger partial charge is 0.294 e. The van der Waals surface area contributed by atoms with E-state index >= 15 is 0 Å². The van der Waals surface area contributed by atoms with Crippen LogP contribution in [0.4, 0.5) is 4.39 Å². The average Bonchev–Trinajstić information content (AvgIpc) is 2.72. The zero-order valence-electron chi connectivity index (χ0n) is 10.5. The molecule has 1 nitrogen and oxygen atoms in total. The molecular formula is C16H14BrFO. The fourth-order valence-electron chi connectivity index (χ4n) is 2.90. The minimum Gasteiger partial charge on any atom is -0.294 e. The summed E-state index contributed by atoms with van der Waals surface area (Å²) in [4.78, 5) is 12.0. The van der Waals surface area contributed by atoms with Gasteiger partial charge in [0.1, 0.15) is 5.82 Å². The Kier molecular flexibility index (Phi) is 3.40. The molecule has 0 amide bonds. The van der Waals surface area contributed by atoms with E-state index in [1.54, 1.807) is 12.1 Å². The number of carbonyl (C=O) groups is 1. The molecule has 0 aliphatic heterocycles. The first-order valence-corrected chi connectivity index (χ1v) is 7.35. The summed E-state index contributed by atoms with van der Waals surface area (Å²) >= 11 is 3.19. The minimum absolute atomic E-state index is 0.262. The molecule has 2 aliphatic carbocycles. The van der Waals surface area contributed by atoms with Crippen LogP contribution in [0, 0.1) is 5.82 Å². The van der Waals surface area contributed by atoms with Gasteiger partial charge in [0, 0.05) is 6.42 Å². The SMILES string of the molecule is O=C1C/C(=C\c2ccc(F)c(Br)c2)C2=C1CCCC2. The molecule has 0 saturated carbocycles. The highest BCUT2D eigenvalue weighted by molar-refractivity contribution is 9.10. The number of benzene rings is 1. The van der Waals surface area contributed by atoms with Crippen LogP contribution in [0.15, 0.2) is 39.4 Å². The first-order valence-electron chi connectivity index (χ1n) is 6.56. The van der Waals surface area contributed by atoms with Crippen LogP contribution in [-0.4, -0.2) is 5.78 Å². The Labute approximate surface area is 120 Å². The molecule has 0 saturated heterocycles. The molecule has 0 heterocycles. The Morgan fingerprint density at radius 1 is 1.16 bits per heavy atom. The molecular weight excluding hydrogens is 307 g/mol. The maximum absolute atomic E-state index is 13.2. The van der Waals surface area contributed by atoms with E-state index in [1.807, 2.05) is 6.08 Å². The van der Waals surface area contributed by atoms with E-state index < -0.39 is 0 Å². The van der Waals surface area contributed by atoms with Gasteiger partial charge in [0.25, 0.3) is 0 Å². The van der Waals surface area contributed by atoms with Gasteiger partial charge in [-0.2, -0.15) is 0 Å². The lowest BCUT2D eigenvalue weighted by atomic mass is 9.91. The van der Waals surface area contributed by atoms with Crippen molar-refractivity contribution in [2.24, 2.45) is 0 Å². The number of hydrogen-bond donors (Lipinski definition) is 0. The molecule has 0 bridgehead atoms. The smallest absolute Gasteiger partial charge is 0.163 e. The number of ketones is 1. The Morgan fingerprint density at radius 3 is 2.63 bits per heavy atom. The molecule has 98 valence electrons. The highest BCUT2D eigenvalue weighted by atomic mass is 79.9. The van der Waals surface area contributed by atoms with Crippen molar-refractivity contribution < 1.29 is 9.18 Å². The molecule has 0 N–H and O–H groups in total. The minimum atomic E-state index is -0.262. The number of carbonyl (C=O) groups excluding carboxylic acids is 1. The van der Waals surface area contributed by atoms with E-state index in [9.17, 15) is 9.18 Å². The summed E-state index contributed by atoms with van der Waals surface area (Å²) in [5.74, 6) is 0.0179. The number of hydrogen-bond acceptors (Lipinski definition) is 1.